The van der Waals surface area contributed by atoms with E-state index in [1.54, 1.807) is 19.1 Å². The molecule has 0 fully saturated rings. The third-order valence-corrected chi connectivity index (χ3v) is 3.55. The highest BCUT2D eigenvalue weighted by molar-refractivity contribution is 5.66. The van der Waals surface area contributed by atoms with Gasteiger partial charge in [0.1, 0.15) is 12.1 Å². The molecule has 112 valence electrons. The molecule has 0 saturated heterocycles. The number of hydrogen-bond donors (Lipinski definition) is 2. The first-order valence-electron chi connectivity index (χ1n) is 6.73. The fourth-order valence-corrected chi connectivity index (χ4v) is 2.26. The Morgan fingerprint density at radius 1 is 1.09 bits per heavy atom. The van der Waals surface area contributed by atoms with E-state index >= 15 is 0 Å². The van der Waals surface area contributed by atoms with Crippen molar-refractivity contribution in [3.8, 4) is 5.75 Å². The zero-order valence-electron chi connectivity index (χ0n) is 11.8. The fraction of sp³-hybridized carbons (Fsp3) is 0.200. The number of nitrogens with zero attached hydrogens (tertiary/aromatic N) is 4. The highest BCUT2D eigenvalue weighted by atomic mass is 16.3. The average Bonchev–Trinajstić information content (AvgIpc) is 2.55. The van der Waals surface area contributed by atoms with Crippen LogP contribution in [-0.4, -0.2) is 29.7 Å². The van der Waals surface area contributed by atoms with E-state index in [9.17, 15) is 15.0 Å². The molecule has 0 radical (unpaired) electrons. The Morgan fingerprint density at radius 2 is 1.77 bits per heavy atom. The molecular formula is C15H14N4O3. The highest BCUT2D eigenvalue weighted by Crippen LogP contribution is 2.26. The number of phenols is 1. The van der Waals surface area contributed by atoms with Crippen LogP contribution in [-0.2, 0) is 0 Å². The van der Waals surface area contributed by atoms with E-state index in [1.807, 2.05) is 0 Å². The molecule has 7 heteroatoms. The van der Waals surface area contributed by atoms with Crippen molar-refractivity contribution in [3.63, 3.8) is 0 Å². The smallest absolute Gasteiger partial charge is 0.281 e. The SMILES string of the molecule is C[C@@H]([C@H](O)c1ccc(O)cc1)n1cnc2nccnc2c1=O. The van der Waals surface area contributed by atoms with Crippen LogP contribution in [0.5, 0.6) is 5.75 Å². The van der Waals surface area contributed by atoms with Crippen molar-refractivity contribution in [3.05, 3.63) is 58.9 Å². The van der Waals surface area contributed by atoms with Crippen molar-refractivity contribution in [2.75, 3.05) is 0 Å². The van der Waals surface area contributed by atoms with Crippen molar-refractivity contribution in [1.82, 2.24) is 19.5 Å². The van der Waals surface area contributed by atoms with Crippen molar-refractivity contribution in [2.24, 2.45) is 0 Å². The number of phenolic OH excluding ortho intramolecular Hbond substituents is 1. The minimum absolute atomic E-state index is 0.114. The predicted molar refractivity (Wildman–Crippen MR) is 79.4 cm³/mol. The van der Waals surface area contributed by atoms with Crippen LogP contribution in [0, 0.1) is 0 Å². The Kier molecular flexibility index (Phi) is 3.56. The van der Waals surface area contributed by atoms with Crippen LogP contribution in [0.4, 0.5) is 0 Å². The molecule has 0 bridgehead atoms. The molecule has 0 aliphatic heterocycles. The Hall–Kier alpha value is -2.80. The van der Waals surface area contributed by atoms with E-state index in [-0.39, 0.29) is 22.5 Å². The fourth-order valence-electron chi connectivity index (χ4n) is 2.26. The summed E-state index contributed by atoms with van der Waals surface area (Å²) >= 11 is 0. The van der Waals surface area contributed by atoms with Crippen LogP contribution >= 0.6 is 0 Å². The zero-order valence-corrected chi connectivity index (χ0v) is 11.8. The number of hydrogen-bond acceptors (Lipinski definition) is 6. The summed E-state index contributed by atoms with van der Waals surface area (Å²) in [5.74, 6) is 0.114. The molecular weight excluding hydrogens is 284 g/mol. The summed E-state index contributed by atoms with van der Waals surface area (Å²) in [5.41, 5.74) is 0.671. The summed E-state index contributed by atoms with van der Waals surface area (Å²) in [6.45, 7) is 1.71. The highest BCUT2D eigenvalue weighted by Gasteiger charge is 2.20. The first-order chi connectivity index (χ1) is 10.6. The minimum atomic E-state index is -0.922. The van der Waals surface area contributed by atoms with E-state index in [2.05, 4.69) is 15.0 Å². The van der Waals surface area contributed by atoms with Crippen molar-refractivity contribution in [1.29, 1.82) is 0 Å². The van der Waals surface area contributed by atoms with E-state index in [0.29, 0.717) is 5.56 Å². The second kappa shape index (κ2) is 5.53. The molecule has 0 saturated carbocycles. The van der Waals surface area contributed by atoms with Gasteiger partial charge in [-0.15, -0.1) is 0 Å². The summed E-state index contributed by atoms with van der Waals surface area (Å²) in [4.78, 5) is 24.5. The maximum atomic E-state index is 12.4. The molecule has 22 heavy (non-hydrogen) atoms. The normalized spacial score (nSPS) is 13.9. The van der Waals surface area contributed by atoms with E-state index in [4.69, 9.17) is 0 Å². The summed E-state index contributed by atoms with van der Waals surface area (Å²) in [6, 6.07) is 5.64. The Labute approximate surface area is 125 Å². The standard InChI is InChI=1S/C15H14N4O3/c1-9(13(21)10-2-4-11(20)5-3-10)19-8-18-14-12(15(19)22)16-6-7-17-14/h2-9,13,20-21H,1H3/t9-,13-/m0/s1. The quantitative estimate of drug-likeness (QED) is 0.753. The third kappa shape index (κ3) is 2.42. The molecule has 0 amide bonds. The van der Waals surface area contributed by atoms with E-state index in [0.717, 1.165) is 0 Å². The molecule has 3 aromatic rings. The van der Waals surface area contributed by atoms with Crippen LogP contribution in [0.25, 0.3) is 11.2 Å². The molecule has 2 atom stereocenters. The molecule has 3 rings (SSSR count). The van der Waals surface area contributed by atoms with Crippen LogP contribution in [0.2, 0.25) is 0 Å². The molecule has 0 unspecified atom stereocenters. The van der Waals surface area contributed by atoms with Crippen molar-refractivity contribution in [2.45, 2.75) is 19.1 Å². The summed E-state index contributed by atoms with van der Waals surface area (Å²) < 4.78 is 1.33. The molecule has 0 aliphatic rings. The minimum Gasteiger partial charge on any atom is -0.508 e. The van der Waals surface area contributed by atoms with Gasteiger partial charge < -0.3 is 10.2 Å². The molecule has 7 nitrogen and oxygen atoms in total. The summed E-state index contributed by atoms with van der Waals surface area (Å²) in [7, 11) is 0. The van der Waals surface area contributed by atoms with E-state index < -0.39 is 12.1 Å². The molecule has 2 heterocycles. The van der Waals surface area contributed by atoms with Crippen molar-refractivity contribution >= 4 is 11.2 Å². The number of rotatable bonds is 3. The molecule has 1 aromatic carbocycles. The number of aromatic hydroxyl groups is 1. The van der Waals surface area contributed by atoms with Crippen molar-refractivity contribution < 1.29 is 10.2 Å². The maximum Gasteiger partial charge on any atom is 0.281 e. The molecule has 0 spiro atoms. The van der Waals surface area contributed by atoms with Gasteiger partial charge in [-0.25, -0.2) is 15.0 Å². The maximum absolute atomic E-state index is 12.4. The van der Waals surface area contributed by atoms with Gasteiger partial charge >= 0.3 is 0 Å². The number of fused-ring (bicyclic) bond motifs is 1. The second-order valence-corrected chi connectivity index (χ2v) is 4.96. The first kappa shape index (κ1) is 14.2. The van der Waals surface area contributed by atoms with Gasteiger partial charge in [0.15, 0.2) is 11.2 Å². The summed E-state index contributed by atoms with van der Waals surface area (Å²) in [5, 5.41) is 19.7. The number of benzene rings is 1. The van der Waals surface area contributed by atoms with Gasteiger partial charge in [0.05, 0.1) is 12.1 Å². The lowest BCUT2D eigenvalue weighted by Gasteiger charge is -2.21. The van der Waals surface area contributed by atoms with Gasteiger partial charge in [0.2, 0.25) is 0 Å². The number of aliphatic hydroxyl groups excluding tert-OH is 1. The molecule has 0 aliphatic carbocycles. The van der Waals surface area contributed by atoms with Gasteiger partial charge in [-0.1, -0.05) is 12.1 Å². The zero-order chi connectivity index (χ0) is 15.7. The Morgan fingerprint density at radius 3 is 2.50 bits per heavy atom. The van der Waals surface area contributed by atoms with E-state index in [1.165, 1.54) is 35.4 Å². The van der Waals surface area contributed by atoms with Gasteiger partial charge in [-0.3, -0.25) is 9.36 Å². The second-order valence-electron chi connectivity index (χ2n) is 4.96. The lowest BCUT2D eigenvalue weighted by molar-refractivity contribution is 0.120. The van der Waals surface area contributed by atoms with Gasteiger partial charge in [0.25, 0.3) is 5.56 Å². The first-order valence-corrected chi connectivity index (χ1v) is 6.73. The molecule has 2 N–H and O–H groups in total. The van der Waals surface area contributed by atoms with Crippen LogP contribution in [0.15, 0.2) is 47.8 Å². The van der Waals surface area contributed by atoms with Gasteiger partial charge in [-0.2, -0.15) is 0 Å². The Bertz CT molecular complexity index is 861. The monoisotopic (exact) mass is 298 g/mol. The lowest BCUT2D eigenvalue weighted by Crippen LogP contribution is -2.28. The third-order valence-electron chi connectivity index (χ3n) is 3.55. The number of aliphatic hydroxyl groups is 1. The van der Waals surface area contributed by atoms with Crippen LogP contribution in [0.3, 0.4) is 0 Å². The lowest BCUT2D eigenvalue weighted by atomic mass is 10.0. The van der Waals surface area contributed by atoms with Gasteiger partial charge in [-0.05, 0) is 24.6 Å². The predicted octanol–water partition coefficient (Wildman–Crippen LogP) is 1.19. The van der Waals surface area contributed by atoms with Crippen LogP contribution < -0.4 is 5.56 Å². The largest absolute Gasteiger partial charge is 0.508 e. The average molecular weight is 298 g/mol. The topological polar surface area (TPSA) is 101 Å². The van der Waals surface area contributed by atoms with Crippen LogP contribution in [0.1, 0.15) is 24.6 Å². The number of aromatic nitrogens is 4. The Balaban J connectivity index is 2.01. The summed E-state index contributed by atoms with van der Waals surface area (Å²) in [6.07, 6.45) is 3.33. The van der Waals surface area contributed by atoms with Gasteiger partial charge in [0, 0.05) is 12.4 Å². The molecule has 2 aromatic heterocycles.